The van der Waals surface area contributed by atoms with Gasteiger partial charge in [-0.3, -0.25) is 0 Å². The lowest BCUT2D eigenvalue weighted by molar-refractivity contribution is -0.189. The molecular weight excluding hydrogens is 600 g/mol. The second kappa shape index (κ2) is 13.6. The van der Waals surface area contributed by atoms with Gasteiger partial charge in [-0.2, -0.15) is 8.78 Å². The summed E-state index contributed by atoms with van der Waals surface area (Å²) in [5, 5.41) is 0. The molecule has 0 aromatic heterocycles. The Hall–Kier alpha value is -3.88. The van der Waals surface area contributed by atoms with E-state index in [1.54, 1.807) is 0 Å². The number of hydrogen-bond donors (Lipinski definition) is 0. The molecule has 0 amide bonds. The Morgan fingerprint density at radius 3 is 1.78 bits per heavy atom. The zero-order chi connectivity index (χ0) is 32.3. The second-order valence-electron chi connectivity index (χ2n) is 11.6. The fourth-order valence-corrected chi connectivity index (χ4v) is 6.11. The van der Waals surface area contributed by atoms with Crippen molar-refractivity contribution in [3.8, 4) is 16.9 Å². The van der Waals surface area contributed by atoms with Gasteiger partial charge in [-0.1, -0.05) is 44.0 Å². The molecule has 5 rings (SSSR count). The molecule has 0 atom stereocenters. The Bertz CT molecular complexity index is 1600. The van der Waals surface area contributed by atoms with Crippen molar-refractivity contribution in [3.05, 3.63) is 124 Å². The van der Waals surface area contributed by atoms with Gasteiger partial charge in [0.1, 0.15) is 28.8 Å². The molecule has 0 unspecified atom stereocenters. The van der Waals surface area contributed by atoms with Crippen LogP contribution in [0, 0.1) is 34.9 Å². The summed E-state index contributed by atoms with van der Waals surface area (Å²) in [7, 11) is 0. The number of aryl methyl sites for hydroxylation is 1. The van der Waals surface area contributed by atoms with Crippen molar-refractivity contribution in [2.75, 3.05) is 0 Å². The first-order chi connectivity index (χ1) is 21.5. The maximum atomic E-state index is 15.1. The molecule has 238 valence electrons. The van der Waals surface area contributed by atoms with Gasteiger partial charge in [-0.05, 0) is 109 Å². The summed E-state index contributed by atoms with van der Waals surface area (Å²) >= 11 is 0. The fraction of sp³-hybridized carbons (Fsp3) is 0.333. The van der Waals surface area contributed by atoms with E-state index in [0.29, 0.717) is 37.0 Å². The molecule has 0 spiro atoms. The van der Waals surface area contributed by atoms with Crippen molar-refractivity contribution in [2.24, 2.45) is 0 Å². The molecule has 4 aromatic carbocycles. The van der Waals surface area contributed by atoms with Crippen molar-refractivity contribution in [3.63, 3.8) is 0 Å². The largest absolute Gasteiger partial charge is 0.432 e. The molecule has 0 radical (unpaired) electrons. The van der Waals surface area contributed by atoms with Gasteiger partial charge in [-0.25, -0.2) is 26.3 Å². The average Bonchev–Trinajstić information content (AvgIpc) is 2.99. The summed E-state index contributed by atoms with van der Waals surface area (Å²) in [6, 6.07) is 13.7. The first-order valence-corrected chi connectivity index (χ1v) is 15.1. The van der Waals surface area contributed by atoms with Crippen molar-refractivity contribution >= 4 is 0 Å². The van der Waals surface area contributed by atoms with Crippen molar-refractivity contribution in [1.29, 1.82) is 0 Å². The molecule has 1 aliphatic carbocycles. The zero-order valence-electron chi connectivity index (χ0n) is 24.6. The molecule has 0 heterocycles. The standard InChI is InChI=1S/C36H32F8O/c1-2-3-4-5-21-6-8-22(9-7-21)23-10-12-24(13-11-23)25-16-30(38)34(31(39)17-25)36(43,44)45-27-14-15-28(29(37)20-27)26-18-32(40)35(42)33(41)19-26/h6-9,14-20,23-24H,2-5,10-13H2,1H3. The summed E-state index contributed by atoms with van der Waals surface area (Å²) in [6.07, 6.45) is 2.91. The van der Waals surface area contributed by atoms with E-state index < -0.39 is 57.9 Å². The molecule has 45 heavy (non-hydrogen) atoms. The molecular formula is C36H32F8O. The highest BCUT2D eigenvalue weighted by Gasteiger charge is 2.42. The Kier molecular flexibility index (Phi) is 9.85. The number of ether oxygens (including phenoxy) is 1. The van der Waals surface area contributed by atoms with E-state index >= 15 is 17.6 Å². The minimum Gasteiger partial charge on any atom is -0.429 e. The van der Waals surface area contributed by atoms with Crippen LogP contribution in [0.25, 0.3) is 11.1 Å². The van der Waals surface area contributed by atoms with Crippen LogP contribution < -0.4 is 4.74 Å². The lowest BCUT2D eigenvalue weighted by Crippen LogP contribution is -2.25. The summed E-state index contributed by atoms with van der Waals surface area (Å²) in [5.74, 6) is -9.79. The van der Waals surface area contributed by atoms with Crippen LogP contribution in [-0.4, -0.2) is 0 Å². The van der Waals surface area contributed by atoms with E-state index in [2.05, 4.69) is 35.9 Å². The SMILES string of the molecule is CCCCCc1ccc(C2CCC(c3cc(F)c(C(F)(F)Oc4ccc(-c5cc(F)c(F)c(F)c5)c(F)c4)c(F)c3)CC2)cc1. The predicted octanol–water partition coefficient (Wildman–Crippen LogP) is 11.5. The molecule has 4 aromatic rings. The molecule has 0 saturated heterocycles. The predicted molar refractivity (Wildman–Crippen MR) is 156 cm³/mol. The van der Waals surface area contributed by atoms with E-state index in [1.165, 1.54) is 24.0 Å². The van der Waals surface area contributed by atoms with Crippen LogP contribution in [0.1, 0.15) is 86.0 Å². The normalized spacial score (nSPS) is 17.0. The number of rotatable bonds is 10. The summed E-state index contributed by atoms with van der Waals surface area (Å²) in [4.78, 5) is 0. The van der Waals surface area contributed by atoms with Gasteiger partial charge in [0.05, 0.1) is 0 Å². The third-order valence-corrected chi connectivity index (χ3v) is 8.56. The van der Waals surface area contributed by atoms with E-state index in [9.17, 15) is 17.6 Å². The Balaban J connectivity index is 1.25. The number of alkyl halides is 2. The molecule has 0 bridgehead atoms. The Labute approximate surface area is 256 Å². The number of unbranched alkanes of at least 4 members (excludes halogenated alkanes) is 2. The van der Waals surface area contributed by atoms with Gasteiger partial charge >= 0.3 is 6.11 Å². The third kappa shape index (κ3) is 7.34. The van der Waals surface area contributed by atoms with E-state index in [1.807, 2.05) is 0 Å². The van der Waals surface area contributed by atoms with Crippen LogP contribution >= 0.6 is 0 Å². The van der Waals surface area contributed by atoms with E-state index in [4.69, 9.17) is 0 Å². The van der Waals surface area contributed by atoms with E-state index in [-0.39, 0.29) is 17.0 Å². The highest BCUT2D eigenvalue weighted by Crippen LogP contribution is 2.43. The van der Waals surface area contributed by atoms with Gasteiger partial charge in [0.25, 0.3) is 0 Å². The van der Waals surface area contributed by atoms with Crippen molar-refractivity contribution in [1.82, 2.24) is 0 Å². The molecule has 1 aliphatic rings. The number of halogens is 8. The highest BCUT2D eigenvalue weighted by molar-refractivity contribution is 5.65. The van der Waals surface area contributed by atoms with E-state index in [0.717, 1.165) is 49.9 Å². The molecule has 1 fully saturated rings. The Morgan fingerprint density at radius 1 is 0.644 bits per heavy atom. The second-order valence-corrected chi connectivity index (χ2v) is 11.6. The van der Waals surface area contributed by atoms with Gasteiger partial charge in [-0.15, -0.1) is 0 Å². The van der Waals surface area contributed by atoms with Crippen LogP contribution in [0.4, 0.5) is 35.1 Å². The average molecular weight is 633 g/mol. The first-order valence-electron chi connectivity index (χ1n) is 15.1. The molecule has 1 saturated carbocycles. The molecule has 0 N–H and O–H groups in total. The number of benzene rings is 4. The van der Waals surface area contributed by atoms with Gasteiger partial charge in [0.15, 0.2) is 17.5 Å². The maximum absolute atomic E-state index is 15.1. The smallest absolute Gasteiger partial charge is 0.429 e. The van der Waals surface area contributed by atoms with Gasteiger partial charge in [0.2, 0.25) is 0 Å². The quantitative estimate of drug-likeness (QED) is 0.0960. The fourth-order valence-electron chi connectivity index (χ4n) is 6.11. The maximum Gasteiger partial charge on any atom is 0.432 e. The van der Waals surface area contributed by atoms with Crippen LogP contribution in [0.2, 0.25) is 0 Å². The topological polar surface area (TPSA) is 9.23 Å². The minimum atomic E-state index is -4.52. The summed E-state index contributed by atoms with van der Waals surface area (Å²) in [5.41, 5.74) is 0.361. The minimum absolute atomic E-state index is 0.204. The lowest BCUT2D eigenvalue weighted by atomic mass is 9.76. The molecule has 9 heteroatoms. The molecule has 1 nitrogen and oxygen atoms in total. The first kappa shape index (κ1) is 32.5. The molecule has 0 aliphatic heterocycles. The monoisotopic (exact) mass is 632 g/mol. The van der Waals surface area contributed by atoms with Crippen LogP contribution in [0.15, 0.2) is 66.7 Å². The van der Waals surface area contributed by atoms with Crippen molar-refractivity contribution < 1.29 is 39.9 Å². The Morgan fingerprint density at radius 2 is 1.22 bits per heavy atom. The van der Waals surface area contributed by atoms with Crippen LogP contribution in [0.5, 0.6) is 5.75 Å². The lowest BCUT2D eigenvalue weighted by Gasteiger charge is -2.30. The highest BCUT2D eigenvalue weighted by atomic mass is 19.3. The summed E-state index contributed by atoms with van der Waals surface area (Å²) < 4.78 is 120. The number of hydrogen-bond acceptors (Lipinski definition) is 1. The van der Waals surface area contributed by atoms with Crippen LogP contribution in [0.3, 0.4) is 0 Å². The zero-order valence-corrected chi connectivity index (χ0v) is 24.6. The van der Waals surface area contributed by atoms with Gasteiger partial charge in [0, 0.05) is 11.6 Å². The van der Waals surface area contributed by atoms with Crippen molar-refractivity contribution in [2.45, 2.75) is 76.2 Å². The summed E-state index contributed by atoms with van der Waals surface area (Å²) in [6.45, 7) is 2.17. The van der Waals surface area contributed by atoms with Crippen LogP contribution in [-0.2, 0) is 12.5 Å². The van der Waals surface area contributed by atoms with Gasteiger partial charge < -0.3 is 4.74 Å². The third-order valence-electron chi connectivity index (χ3n) is 8.56.